The number of amides is 2. The second-order valence-electron chi connectivity index (χ2n) is 6.33. The smallest absolute Gasteiger partial charge is 0.243 e. The highest BCUT2D eigenvalue weighted by atomic mass is 35.5. The summed E-state index contributed by atoms with van der Waals surface area (Å²) in [4.78, 5) is 25.0. The maximum Gasteiger partial charge on any atom is 0.243 e. The van der Waals surface area contributed by atoms with E-state index in [0.717, 1.165) is 4.31 Å². The molecule has 10 heteroatoms. The van der Waals surface area contributed by atoms with E-state index in [2.05, 4.69) is 10.6 Å². The van der Waals surface area contributed by atoms with Crippen molar-refractivity contribution in [2.45, 2.75) is 17.4 Å². The Morgan fingerprint density at radius 3 is 2.62 bits per heavy atom. The molecule has 2 amide bonds. The van der Waals surface area contributed by atoms with Crippen LogP contribution >= 0.6 is 11.6 Å². The van der Waals surface area contributed by atoms with Crippen LogP contribution in [0.15, 0.2) is 53.4 Å². The lowest BCUT2D eigenvalue weighted by atomic mass is 10.1. The third kappa shape index (κ3) is 4.69. The van der Waals surface area contributed by atoms with Crippen molar-refractivity contribution in [3.05, 3.63) is 53.6 Å². The van der Waals surface area contributed by atoms with Crippen LogP contribution in [-0.2, 0) is 19.6 Å². The number of halogens is 1. The minimum absolute atomic E-state index is 0.00624. The molecule has 1 fully saturated rings. The van der Waals surface area contributed by atoms with Crippen LogP contribution in [0.4, 0.5) is 5.69 Å². The van der Waals surface area contributed by atoms with Gasteiger partial charge in [-0.3, -0.25) is 9.59 Å². The van der Waals surface area contributed by atoms with Gasteiger partial charge in [0.05, 0.1) is 24.1 Å². The molecule has 0 bridgehead atoms. The number of nitrogens with zero attached hydrogens (tertiary/aromatic N) is 1. The number of hydrogen-bond donors (Lipinski definition) is 2. The van der Waals surface area contributed by atoms with Crippen molar-refractivity contribution in [1.29, 1.82) is 0 Å². The number of para-hydroxylation sites is 2. The fourth-order valence-corrected chi connectivity index (χ4v) is 4.76. The van der Waals surface area contributed by atoms with E-state index in [4.69, 9.17) is 16.3 Å². The Hall–Kier alpha value is -2.62. The molecule has 8 nitrogen and oxygen atoms in total. The maximum atomic E-state index is 13.0. The van der Waals surface area contributed by atoms with Gasteiger partial charge in [-0.2, -0.15) is 4.31 Å². The van der Waals surface area contributed by atoms with Crippen LogP contribution in [-0.4, -0.2) is 50.8 Å². The van der Waals surface area contributed by atoms with Crippen molar-refractivity contribution in [2.24, 2.45) is 0 Å². The van der Waals surface area contributed by atoms with Gasteiger partial charge in [0.1, 0.15) is 11.8 Å². The van der Waals surface area contributed by atoms with Crippen LogP contribution in [0.5, 0.6) is 5.75 Å². The number of carbonyl (C=O) groups is 2. The van der Waals surface area contributed by atoms with E-state index in [9.17, 15) is 18.0 Å². The van der Waals surface area contributed by atoms with E-state index >= 15 is 0 Å². The summed E-state index contributed by atoms with van der Waals surface area (Å²) in [7, 11) is -2.51. The molecule has 2 N–H and O–H groups in total. The summed E-state index contributed by atoms with van der Waals surface area (Å²) >= 11 is 5.83. The fourth-order valence-electron chi connectivity index (χ4n) is 3.04. The lowest BCUT2D eigenvalue weighted by molar-refractivity contribution is -0.130. The Morgan fingerprint density at radius 2 is 1.93 bits per heavy atom. The predicted molar refractivity (Wildman–Crippen MR) is 108 cm³/mol. The largest absolute Gasteiger partial charge is 0.495 e. The number of ether oxygens (including phenoxy) is 1. The van der Waals surface area contributed by atoms with E-state index in [1.165, 1.54) is 31.4 Å². The van der Waals surface area contributed by atoms with Crippen LogP contribution in [0.1, 0.15) is 6.42 Å². The minimum Gasteiger partial charge on any atom is -0.495 e. The summed E-state index contributed by atoms with van der Waals surface area (Å²) in [5, 5.41) is 5.68. The molecule has 0 spiro atoms. The van der Waals surface area contributed by atoms with Gasteiger partial charge in [-0.1, -0.05) is 23.7 Å². The number of benzene rings is 2. The molecule has 29 heavy (non-hydrogen) atoms. The zero-order chi connectivity index (χ0) is 21.0. The molecular weight excluding hydrogens is 418 g/mol. The van der Waals surface area contributed by atoms with Crippen LogP contribution in [0.2, 0.25) is 5.02 Å². The molecule has 0 saturated carbocycles. The molecule has 2 aromatic rings. The van der Waals surface area contributed by atoms with Gasteiger partial charge in [-0.05, 0) is 36.4 Å². The summed E-state index contributed by atoms with van der Waals surface area (Å²) in [5.41, 5.74) is 0.434. The van der Waals surface area contributed by atoms with Crippen molar-refractivity contribution in [2.75, 3.05) is 25.5 Å². The molecule has 154 valence electrons. The fraction of sp³-hybridized carbons (Fsp3) is 0.263. The molecule has 1 heterocycles. The molecule has 1 aliphatic rings. The molecule has 3 rings (SSSR count). The Kier molecular flexibility index (Phi) is 6.41. The van der Waals surface area contributed by atoms with Gasteiger partial charge in [-0.25, -0.2) is 8.42 Å². The highest BCUT2D eigenvalue weighted by Gasteiger charge is 2.39. The minimum atomic E-state index is -3.98. The van der Waals surface area contributed by atoms with E-state index in [-0.39, 0.29) is 24.4 Å². The summed E-state index contributed by atoms with van der Waals surface area (Å²) in [6.07, 6.45) is -0.337. The monoisotopic (exact) mass is 437 g/mol. The van der Waals surface area contributed by atoms with Crippen molar-refractivity contribution in [3.8, 4) is 5.75 Å². The Bertz CT molecular complexity index is 1010. The first-order valence-electron chi connectivity index (χ1n) is 8.81. The van der Waals surface area contributed by atoms with E-state index in [0.29, 0.717) is 16.5 Å². The molecule has 2 aromatic carbocycles. The Morgan fingerprint density at radius 1 is 1.24 bits per heavy atom. The topological polar surface area (TPSA) is 105 Å². The zero-order valence-electron chi connectivity index (χ0n) is 15.6. The first-order chi connectivity index (χ1) is 13.8. The molecule has 0 unspecified atom stereocenters. The SMILES string of the molecule is COc1ccccc1NC(=O)C[C@H]1C(=O)NCCN1S(=O)(=O)c1ccc(Cl)cc1. The second kappa shape index (κ2) is 8.81. The van der Waals surface area contributed by atoms with Gasteiger partial charge >= 0.3 is 0 Å². The maximum absolute atomic E-state index is 13.0. The average molecular weight is 438 g/mol. The third-order valence-corrected chi connectivity index (χ3v) is 6.64. The molecule has 0 aromatic heterocycles. The molecule has 1 aliphatic heterocycles. The molecule has 0 aliphatic carbocycles. The number of methoxy groups -OCH3 is 1. The Balaban J connectivity index is 1.82. The van der Waals surface area contributed by atoms with Crippen LogP contribution in [0.25, 0.3) is 0 Å². The first kappa shape index (κ1) is 21.1. The number of sulfonamides is 1. The van der Waals surface area contributed by atoms with Crippen molar-refractivity contribution in [3.63, 3.8) is 0 Å². The molecule has 1 saturated heterocycles. The standard InChI is InChI=1S/C19H20ClN3O5S/c1-28-17-5-3-2-4-15(17)22-18(24)12-16-19(25)21-10-11-23(16)29(26,27)14-8-6-13(20)7-9-14/h2-9,16H,10-12H2,1H3,(H,21,25)(H,22,24)/t16-/m0/s1. The highest BCUT2D eigenvalue weighted by molar-refractivity contribution is 7.89. The molecule has 0 radical (unpaired) electrons. The number of hydrogen-bond acceptors (Lipinski definition) is 5. The second-order valence-corrected chi connectivity index (χ2v) is 8.66. The molecular formula is C19H20ClN3O5S. The van der Waals surface area contributed by atoms with Crippen molar-refractivity contribution < 1.29 is 22.7 Å². The van der Waals surface area contributed by atoms with Gasteiger partial charge in [0, 0.05) is 18.1 Å². The summed E-state index contributed by atoms with van der Waals surface area (Å²) in [5.74, 6) is -0.573. The number of rotatable bonds is 6. The average Bonchev–Trinajstić information content (AvgIpc) is 2.70. The third-order valence-electron chi connectivity index (χ3n) is 4.46. The van der Waals surface area contributed by atoms with Gasteiger partial charge in [0.2, 0.25) is 21.8 Å². The molecule has 1 atom stereocenters. The number of nitrogens with one attached hydrogen (secondary N) is 2. The van der Waals surface area contributed by atoms with Gasteiger partial charge in [-0.15, -0.1) is 0 Å². The number of piperazine rings is 1. The quantitative estimate of drug-likeness (QED) is 0.717. The summed E-state index contributed by atoms with van der Waals surface area (Å²) in [6, 6.07) is 11.3. The summed E-state index contributed by atoms with van der Waals surface area (Å²) in [6.45, 7) is 0.222. The summed E-state index contributed by atoms with van der Waals surface area (Å²) < 4.78 is 32.3. The first-order valence-corrected chi connectivity index (χ1v) is 10.6. The van der Waals surface area contributed by atoms with Crippen molar-refractivity contribution in [1.82, 2.24) is 9.62 Å². The zero-order valence-corrected chi connectivity index (χ0v) is 17.2. The lowest BCUT2D eigenvalue weighted by Gasteiger charge is -2.33. The van der Waals surface area contributed by atoms with Gasteiger partial charge in [0.15, 0.2) is 0 Å². The van der Waals surface area contributed by atoms with E-state index in [1.807, 2.05) is 0 Å². The van der Waals surface area contributed by atoms with Crippen LogP contribution in [0, 0.1) is 0 Å². The van der Waals surface area contributed by atoms with Gasteiger partial charge in [0.25, 0.3) is 0 Å². The number of carbonyl (C=O) groups excluding carboxylic acids is 2. The normalized spacial score (nSPS) is 17.4. The van der Waals surface area contributed by atoms with Crippen LogP contribution in [0.3, 0.4) is 0 Å². The van der Waals surface area contributed by atoms with Gasteiger partial charge < -0.3 is 15.4 Å². The number of anilines is 1. The van der Waals surface area contributed by atoms with Crippen molar-refractivity contribution >= 4 is 39.1 Å². The predicted octanol–water partition coefficient (Wildman–Crippen LogP) is 1.87. The Labute approximate surface area is 173 Å². The lowest BCUT2D eigenvalue weighted by Crippen LogP contribution is -2.57. The van der Waals surface area contributed by atoms with Crippen LogP contribution < -0.4 is 15.4 Å². The van der Waals surface area contributed by atoms with E-state index < -0.39 is 27.9 Å². The highest BCUT2D eigenvalue weighted by Crippen LogP contribution is 2.25. The van der Waals surface area contributed by atoms with E-state index in [1.54, 1.807) is 24.3 Å².